The minimum atomic E-state index is -0.173. The highest BCUT2D eigenvalue weighted by molar-refractivity contribution is 5.82. The molecule has 0 aromatic heterocycles. The lowest BCUT2D eigenvalue weighted by molar-refractivity contribution is -0.952. The van der Waals surface area contributed by atoms with Crippen molar-refractivity contribution in [1.82, 2.24) is 0 Å². The highest BCUT2D eigenvalue weighted by Crippen LogP contribution is 2.81. The predicted octanol–water partition coefficient (Wildman–Crippen LogP) is 3.32. The van der Waals surface area contributed by atoms with E-state index in [1.807, 2.05) is 0 Å². The summed E-state index contributed by atoms with van der Waals surface area (Å²) in [4.78, 5) is 13.1. The molecular formula is C23H31N2O2+. The maximum absolute atomic E-state index is 13.1. The molecule has 144 valence electrons. The van der Waals surface area contributed by atoms with Gasteiger partial charge in [-0.05, 0) is 43.7 Å². The molecule has 0 amide bonds. The van der Waals surface area contributed by atoms with Gasteiger partial charge in [0.1, 0.15) is 6.04 Å². The number of para-hydroxylation sites is 1. The molecule has 2 aliphatic carbocycles. The summed E-state index contributed by atoms with van der Waals surface area (Å²) in [6.07, 6.45) is 4.79. The molecule has 1 N–H and O–H groups in total. The fourth-order valence-electron chi connectivity index (χ4n) is 9.47. The summed E-state index contributed by atoms with van der Waals surface area (Å²) in [6.45, 7) is 8.66. The molecule has 0 radical (unpaired) electrons. The fraction of sp³-hybridized carbons (Fsp3) is 0.696. The third kappa shape index (κ3) is 1.38. The first-order chi connectivity index (χ1) is 13.0. The quantitative estimate of drug-likeness (QED) is 0.644. The smallest absolute Gasteiger partial charge is 0.311 e. The number of rotatable bonds is 2. The number of carbonyl (C=O) groups is 1. The molecule has 5 aliphatic rings. The van der Waals surface area contributed by atoms with E-state index in [9.17, 15) is 4.79 Å². The zero-order valence-corrected chi connectivity index (χ0v) is 16.8. The molecule has 3 aliphatic heterocycles. The lowest BCUT2D eigenvalue weighted by atomic mass is 9.56. The number of quaternary nitrogens is 1. The monoisotopic (exact) mass is 367 g/mol. The summed E-state index contributed by atoms with van der Waals surface area (Å²) < 4.78 is 6.66. The Morgan fingerprint density at radius 1 is 1.30 bits per heavy atom. The van der Waals surface area contributed by atoms with Gasteiger partial charge in [-0.2, -0.15) is 0 Å². The van der Waals surface area contributed by atoms with E-state index in [1.54, 1.807) is 7.11 Å². The fourth-order valence-corrected chi connectivity index (χ4v) is 9.47. The summed E-state index contributed by atoms with van der Waals surface area (Å²) in [6, 6.07) is 9.58. The number of piperidine rings is 1. The van der Waals surface area contributed by atoms with Crippen molar-refractivity contribution in [2.24, 2.45) is 17.3 Å². The summed E-state index contributed by atoms with van der Waals surface area (Å²) >= 11 is 0. The minimum absolute atomic E-state index is 0.00364. The number of carbonyl (C=O) groups excluding carboxylic acids is 1. The van der Waals surface area contributed by atoms with Gasteiger partial charge in [0.15, 0.2) is 0 Å². The van der Waals surface area contributed by atoms with E-state index in [0.29, 0.717) is 12.0 Å². The Bertz CT molecular complexity index is 855. The SMILES string of the molecule is CC[N@+]12CCC[C@@]34C[C@H](C(=O)OC)[C@@]5(Nc6ccccc6[C@]5(CC1)[C@H]32)[C@@H]4C. The Labute approximate surface area is 161 Å². The second kappa shape index (κ2) is 4.71. The largest absolute Gasteiger partial charge is 0.469 e. The van der Waals surface area contributed by atoms with E-state index in [4.69, 9.17) is 4.74 Å². The topological polar surface area (TPSA) is 38.3 Å². The molecule has 2 saturated heterocycles. The molecule has 0 unspecified atom stereocenters. The molecule has 6 rings (SSSR count). The van der Waals surface area contributed by atoms with Gasteiger partial charge in [0.25, 0.3) is 0 Å². The molecule has 3 spiro atoms. The van der Waals surface area contributed by atoms with E-state index in [1.165, 1.54) is 54.6 Å². The Morgan fingerprint density at radius 3 is 2.89 bits per heavy atom. The van der Waals surface area contributed by atoms with Crippen LogP contribution in [0.15, 0.2) is 24.3 Å². The van der Waals surface area contributed by atoms with Gasteiger partial charge < -0.3 is 14.5 Å². The van der Waals surface area contributed by atoms with Crippen molar-refractivity contribution in [3.05, 3.63) is 29.8 Å². The maximum atomic E-state index is 13.1. The number of anilines is 1. The molecule has 3 heterocycles. The van der Waals surface area contributed by atoms with Crippen LogP contribution < -0.4 is 5.32 Å². The van der Waals surface area contributed by atoms with Crippen molar-refractivity contribution in [2.75, 3.05) is 32.1 Å². The number of benzene rings is 1. The van der Waals surface area contributed by atoms with Crippen molar-refractivity contribution < 1.29 is 14.0 Å². The van der Waals surface area contributed by atoms with Gasteiger partial charge in [-0.1, -0.05) is 25.1 Å². The molecule has 1 aromatic carbocycles. The number of esters is 1. The van der Waals surface area contributed by atoms with Crippen LogP contribution in [0.2, 0.25) is 0 Å². The zero-order valence-electron chi connectivity index (χ0n) is 16.8. The van der Waals surface area contributed by atoms with Gasteiger partial charge in [0.05, 0.1) is 43.6 Å². The van der Waals surface area contributed by atoms with E-state index in [0.717, 1.165) is 6.42 Å². The number of hydrogen-bond acceptors (Lipinski definition) is 3. The number of hydrogen-bond donors (Lipinski definition) is 1. The van der Waals surface area contributed by atoms with E-state index in [-0.39, 0.29) is 28.3 Å². The second-order valence-corrected chi connectivity index (χ2v) is 9.98. The third-order valence-corrected chi connectivity index (χ3v) is 10.0. The Morgan fingerprint density at radius 2 is 2.11 bits per heavy atom. The van der Waals surface area contributed by atoms with Crippen LogP contribution in [0, 0.1) is 17.3 Å². The first-order valence-corrected chi connectivity index (χ1v) is 10.8. The average Bonchev–Trinajstić information content (AvgIpc) is 3.34. The number of ether oxygens (including phenoxy) is 1. The normalized spacial score (nSPS) is 50.7. The van der Waals surface area contributed by atoms with Crippen LogP contribution in [0.5, 0.6) is 0 Å². The second-order valence-electron chi connectivity index (χ2n) is 9.98. The van der Waals surface area contributed by atoms with Crippen molar-refractivity contribution in [3.8, 4) is 0 Å². The van der Waals surface area contributed by atoms with E-state index >= 15 is 0 Å². The molecule has 7 atom stereocenters. The lowest BCUT2D eigenvalue weighted by Crippen LogP contribution is -2.68. The number of nitrogens with zero attached hydrogens (tertiary/aromatic N) is 1. The van der Waals surface area contributed by atoms with Crippen LogP contribution in [0.25, 0.3) is 0 Å². The minimum Gasteiger partial charge on any atom is -0.469 e. The van der Waals surface area contributed by atoms with Crippen molar-refractivity contribution in [1.29, 1.82) is 0 Å². The van der Waals surface area contributed by atoms with Crippen LogP contribution >= 0.6 is 0 Å². The summed E-state index contributed by atoms with van der Waals surface area (Å²) in [5, 5.41) is 4.02. The third-order valence-electron chi connectivity index (χ3n) is 10.0. The average molecular weight is 368 g/mol. The van der Waals surface area contributed by atoms with Gasteiger partial charge in [0, 0.05) is 17.5 Å². The van der Waals surface area contributed by atoms with Crippen LogP contribution in [0.3, 0.4) is 0 Å². The summed E-state index contributed by atoms with van der Waals surface area (Å²) in [7, 11) is 1.57. The van der Waals surface area contributed by atoms with Crippen LogP contribution in [-0.4, -0.2) is 48.8 Å². The van der Waals surface area contributed by atoms with Crippen molar-refractivity contribution >= 4 is 11.7 Å². The van der Waals surface area contributed by atoms with E-state index in [2.05, 4.69) is 43.4 Å². The Balaban J connectivity index is 1.68. The molecule has 27 heavy (non-hydrogen) atoms. The number of likely N-dealkylation sites (N-methyl/N-ethyl adjacent to an activating group) is 1. The first-order valence-electron chi connectivity index (χ1n) is 10.8. The van der Waals surface area contributed by atoms with Gasteiger partial charge in [-0.25, -0.2) is 0 Å². The predicted molar refractivity (Wildman–Crippen MR) is 104 cm³/mol. The highest BCUT2D eigenvalue weighted by Gasteiger charge is 2.90. The number of nitrogens with one attached hydrogen (secondary N) is 1. The number of methoxy groups -OCH3 is 1. The zero-order chi connectivity index (χ0) is 18.7. The standard InChI is InChI=1S/C23H31N2O2/c1-4-25-12-7-10-21-14-17(19(26)27-3)23(15(21)2)22(11-13-25,20(21)25)16-8-5-6-9-18(16)24-23/h5-6,8-9,15,17,20,24H,4,7,10-14H2,1-3H3/q+1/t15-,17-,20+,21+,22-,23+,25+/m1/s1. The highest BCUT2D eigenvalue weighted by atomic mass is 16.5. The summed E-state index contributed by atoms with van der Waals surface area (Å²) in [5.74, 6) is 0.469. The molecule has 1 aromatic rings. The van der Waals surface area contributed by atoms with Crippen molar-refractivity contribution in [2.45, 2.75) is 56.5 Å². The Hall–Kier alpha value is -1.55. The molecule has 4 heteroatoms. The van der Waals surface area contributed by atoms with Gasteiger partial charge >= 0.3 is 5.97 Å². The lowest BCUT2D eigenvalue weighted by Gasteiger charge is -2.55. The van der Waals surface area contributed by atoms with Crippen LogP contribution in [-0.2, 0) is 14.9 Å². The van der Waals surface area contributed by atoms with Crippen LogP contribution in [0.1, 0.15) is 45.1 Å². The van der Waals surface area contributed by atoms with Crippen molar-refractivity contribution in [3.63, 3.8) is 0 Å². The maximum Gasteiger partial charge on any atom is 0.311 e. The van der Waals surface area contributed by atoms with Gasteiger partial charge in [-0.3, -0.25) is 4.79 Å². The Kier molecular flexibility index (Phi) is 2.86. The molecule has 2 bridgehead atoms. The first kappa shape index (κ1) is 16.4. The molecular weight excluding hydrogens is 336 g/mol. The molecule has 2 saturated carbocycles. The van der Waals surface area contributed by atoms with Gasteiger partial charge in [0.2, 0.25) is 0 Å². The summed E-state index contributed by atoms with van der Waals surface area (Å²) in [5.41, 5.74) is 2.94. The van der Waals surface area contributed by atoms with Crippen LogP contribution in [0.4, 0.5) is 5.69 Å². The molecule has 4 nitrogen and oxygen atoms in total. The molecule has 4 fully saturated rings. The van der Waals surface area contributed by atoms with E-state index < -0.39 is 0 Å². The van der Waals surface area contributed by atoms with Gasteiger partial charge in [-0.15, -0.1) is 0 Å². The number of fused-ring (bicyclic) bond motifs is 1.